The summed E-state index contributed by atoms with van der Waals surface area (Å²) < 4.78 is 31.0. The van der Waals surface area contributed by atoms with Crippen LogP contribution in [0.15, 0.2) is 70.5 Å². The molecule has 3 atom stereocenters. The number of hydrogen-bond acceptors (Lipinski definition) is 4. The summed E-state index contributed by atoms with van der Waals surface area (Å²) in [5, 5.41) is 0. The van der Waals surface area contributed by atoms with Gasteiger partial charge in [-0.2, -0.15) is 4.98 Å². The summed E-state index contributed by atoms with van der Waals surface area (Å²) in [5.74, 6) is -1.10. The molecule has 0 spiro atoms. The number of nitrogens with two attached hydrogens (primary N) is 1. The number of nitrogens with one attached hydrogen (secondary N) is 1. The molecule has 2 aromatic carbocycles. The Kier molecular flexibility index (Phi) is 5.55. The molecule has 3 N–H and O–H groups in total. The van der Waals surface area contributed by atoms with Gasteiger partial charge in [0.15, 0.2) is 11.6 Å². The molecule has 1 heterocycles. The number of rotatable bonds is 5. The summed E-state index contributed by atoms with van der Waals surface area (Å²) in [6.07, 6.45) is 3.07. The Labute approximate surface area is 170 Å². The van der Waals surface area contributed by atoms with Crippen molar-refractivity contribution in [1.29, 1.82) is 0 Å². The lowest BCUT2D eigenvalue weighted by Gasteiger charge is -2.15. The lowest BCUT2D eigenvalue weighted by Crippen LogP contribution is -2.31. The van der Waals surface area contributed by atoms with Gasteiger partial charge in [0.1, 0.15) is 11.0 Å². The van der Waals surface area contributed by atoms with E-state index in [1.807, 2.05) is 54.6 Å². The van der Waals surface area contributed by atoms with E-state index < -0.39 is 28.3 Å². The summed E-state index contributed by atoms with van der Waals surface area (Å²) in [6, 6.07) is 17.3. The van der Waals surface area contributed by atoms with Gasteiger partial charge >= 0.3 is 5.69 Å². The van der Waals surface area contributed by atoms with Gasteiger partial charge in [-0.15, -0.1) is 0 Å². The van der Waals surface area contributed by atoms with Gasteiger partial charge in [-0.05, 0) is 42.5 Å². The average Bonchev–Trinajstić information content (AvgIpc) is 3.19. The van der Waals surface area contributed by atoms with Crippen LogP contribution in [-0.4, -0.2) is 19.8 Å². The molecule has 0 radical (unpaired) electrons. The van der Waals surface area contributed by atoms with Gasteiger partial charge < -0.3 is 5.73 Å². The van der Waals surface area contributed by atoms with Crippen molar-refractivity contribution in [2.24, 2.45) is 0 Å². The predicted octanol–water partition coefficient (Wildman–Crippen LogP) is 3.04. The van der Waals surface area contributed by atoms with Crippen molar-refractivity contribution < 1.29 is 8.60 Å². The molecule has 4 rings (SSSR count). The summed E-state index contributed by atoms with van der Waals surface area (Å²) in [7, 11) is -1.39. The third kappa shape index (κ3) is 4.28. The third-order valence-electron chi connectivity index (χ3n) is 5.16. The molecule has 150 valence electrons. The number of halogens is 1. The maximum absolute atomic E-state index is 13.7. The number of nitrogen functional groups attached to an aromatic ring is 1. The fourth-order valence-corrected chi connectivity index (χ4v) is 4.77. The van der Waals surface area contributed by atoms with E-state index in [0.29, 0.717) is 17.7 Å². The summed E-state index contributed by atoms with van der Waals surface area (Å²) in [4.78, 5) is 16.2. The molecule has 3 aromatic rings. The lowest BCUT2D eigenvalue weighted by atomic mass is 10.1. The predicted molar refractivity (Wildman–Crippen MR) is 111 cm³/mol. The van der Waals surface area contributed by atoms with Crippen LogP contribution in [0.25, 0.3) is 11.1 Å². The molecule has 29 heavy (non-hydrogen) atoms. The second-order valence-electron chi connectivity index (χ2n) is 7.11. The number of aromatic nitrogens is 2. The highest BCUT2D eigenvalue weighted by Gasteiger charge is 2.28. The number of benzene rings is 2. The zero-order valence-corrected chi connectivity index (χ0v) is 16.4. The highest BCUT2D eigenvalue weighted by Crippen LogP contribution is 2.30. The highest BCUT2D eigenvalue weighted by molar-refractivity contribution is 7.83. The first-order valence-electron chi connectivity index (χ1n) is 9.39. The molecular formula is C21H21FN4O2S. The summed E-state index contributed by atoms with van der Waals surface area (Å²) >= 11 is 0. The van der Waals surface area contributed by atoms with Crippen LogP contribution in [0, 0.1) is 5.82 Å². The van der Waals surface area contributed by atoms with Crippen LogP contribution < -0.4 is 16.1 Å². The minimum absolute atomic E-state index is 0.0475. The molecule has 0 aliphatic heterocycles. The minimum atomic E-state index is -1.39. The van der Waals surface area contributed by atoms with Crippen molar-refractivity contribution in [2.45, 2.75) is 36.2 Å². The standard InChI is InChI=1S/C21H21FN4O2S/c22-19-13-26(21(27)24-20(19)23)17-10-9-16(12-17)25-29(28)18-8-4-7-15(11-18)14-5-2-1-3-6-14/h1-8,11,13,16-17,25H,9-10,12H2,(H2,23,24,27)/t16-,17+,29?/m1/s1. The molecule has 1 unspecified atom stereocenters. The quantitative estimate of drug-likeness (QED) is 0.674. The van der Waals surface area contributed by atoms with E-state index in [-0.39, 0.29) is 12.1 Å². The molecule has 0 saturated heterocycles. The van der Waals surface area contributed by atoms with Gasteiger partial charge in [-0.25, -0.2) is 18.1 Å². The zero-order valence-electron chi connectivity index (χ0n) is 15.6. The monoisotopic (exact) mass is 412 g/mol. The third-order valence-corrected chi connectivity index (χ3v) is 6.39. The van der Waals surface area contributed by atoms with Crippen molar-refractivity contribution >= 4 is 16.8 Å². The Bertz CT molecular complexity index is 1100. The zero-order chi connectivity index (χ0) is 20.4. The van der Waals surface area contributed by atoms with Crippen molar-refractivity contribution in [3.8, 4) is 11.1 Å². The molecule has 1 saturated carbocycles. The molecule has 0 amide bonds. The van der Waals surface area contributed by atoms with Gasteiger partial charge in [0.05, 0.1) is 4.90 Å². The largest absolute Gasteiger partial charge is 0.381 e. The minimum Gasteiger partial charge on any atom is -0.381 e. The van der Waals surface area contributed by atoms with E-state index in [1.165, 1.54) is 4.57 Å². The van der Waals surface area contributed by atoms with Crippen LogP contribution >= 0.6 is 0 Å². The fourth-order valence-electron chi connectivity index (χ4n) is 3.68. The van der Waals surface area contributed by atoms with Crippen molar-refractivity contribution in [1.82, 2.24) is 14.3 Å². The summed E-state index contributed by atoms with van der Waals surface area (Å²) in [6.45, 7) is 0. The normalized spacial score (nSPS) is 19.9. The number of hydrogen-bond donors (Lipinski definition) is 2. The molecule has 0 bridgehead atoms. The van der Waals surface area contributed by atoms with Gasteiger partial charge in [-0.3, -0.25) is 4.57 Å². The van der Waals surface area contributed by atoms with Crippen molar-refractivity contribution in [3.63, 3.8) is 0 Å². The van der Waals surface area contributed by atoms with Gasteiger partial charge in [0.25, 0.3) is 0 Å². The topological polar surface area (TPSA) is 90.0 Å². The first kappa shape index (κ1) is 19.5. The summed E-state index contributed by atoms with van der Waals surface area (Å²) in [5.41, 5.74) is 6.84. The molecule has 6 nitrogen and oxygen atoms in total. The van der Waals surface area contributed by atoms with Gasteiger partial charge in [0, 0.05) is 18.3 Å². The number of nitrogens with zero attached hydrogens (tertiary/aromatic N) is 2. The number of anilines is 1. The maximum Gasteiger partial charge on any atom is 0.349 e. The van der Waals surface area contributed by atoms with Crippen LogP contribution in [0.2, 0.25) is 0 Å². The van der Waals surface area contributed by atoms with E-state index in [0.717, 1.165) is 23.7 Å². The Morgan fingerprint density at radius 2 is 1.86 bits per heavy atom. The van der Waals surface area contributed by atoms with E-state index in [9.17, 15) is 13.4 Å². The Hall–Kier alpha value is -2.84. The van der Waals surface area contributed by atoms with E-state index in [4.69, 9.17) is 5.73 Å². The molecular weight excluding hydrogens is 391 g/mol. The van der Waals surface area contributed by atoms with Crippen LogP contribution in [0.3, 0.4) is 0 Å². The Morgan fingerprint density at radius 3 is 2.66 bits per heavy atom. The second kappa shape index (κ2) is 8.26. The van der Waals surface area contributed by atoms with E-state index >= 15 is 0 Å². The van der Waals surface area contributed by atoms with Gasteiger partial charge in [0.2, 0.25) is 0 Å². The lowest BCUT2D eigenvalue weighted by molar-refractivity contribution is 0.463. The maximum atomic E-state index is 13.7. The first-order valence-corrected chi connectivity index (χ1v) is 10.5. The fraction of sp³-hybridized carbons (Fsp3) is 0.238. The average molecular weight is 412 g/mol. The van der Waals surface area contributed by atoms with E-state index in [2.05, 4.69) is 9.71 Å². The van der Waals surface area contributed by atoms with Crippen LogP contribution in [0.5, 0.6) is 0 Å². The van der Waals surface area contributed by atoms with Gasteiger partial charge in [-0.1, -0.05) is 42.5 Å². The smallest absolute Gasteiger partial charge is 0.349 e. The Balaban J connectivity index is 1.45. The van der Waals surface area contributed by atoms with Crippen molar-refractivity contribution in [2.75, 3.05) is 5.73 Å². The van der Waals surface area contributed by atoms with Crippen LogP contribution in [0.1, 0.15) is 25.3 Å². The molecule has 1 aliphatic carbocycles. The van der Waals surface area contributed by atoms with Crippen molar-refractivity contribution in [3.05, 3.63) is 77.1 Å². The molecule has 1 fully saturated rings. The molecule has 1 aliphatic rings. The molecule has 1 aromatic heterocycles. The first-order chi connectivity index (χ1) is 14.0. The van der Waals surface area contributed by atoms with Crippen LogP contribution in [0.4, 0.5) is 10.2 Å². The van der Waals surface area contributed by atoms with E-state index in [1.54, 1.807) is 0 Å². The SMILES string of the molecule is Nc1nc(=O)n([C@H]2CC[C@@H](NS(=O)c3cccc(-c4ccccc4)c3)C2)cc1F. The Morgan fingerprint density at radius 1 is 1.10 bits per heavy atom. The highest BCUT2D eigenvalue weighted by atomic mass is 32.2. The molecule has 8 heteroatoms. The second-order valence-corrected chi connectivity index (χ2v) is 8.35. The van der Waals surface area contributed by atoms with Crippen LogP contribution in [-0.2, 0) is 11.0 Å².